The van der Waals surface area contributed by atoms with Gasteiger partial charge in [0.25, 0.3) is 0 Å². The average molecular weight is 265 g/mol. The summed E-state index contributed by atoms with van der Waals surface area (Å²) in [7, 11) is 0. The highest BCUT2D eigenvalue weighted by molar-refractivity contribution is 6.19. The number of ether oxygens (including phenoxy) is 2. The molecule has 0 amide bonds. The molecule has 0 heterocycles. The molecule has 0 spiro atoms. The molecule has 0 atom stereocenters. The zero-order valence-corrected chi connectivity index (χ0v) is 9.78. The largest absolute Gasteiger partial charge is 0.432 e. The highest BCUT2D eigenvalue weighted by Crippen LogP contribution is 1.89. The van der Waals surface area contributed by atoms with Crippen molar-refractivity contribution in [2.75, 3.05) is 11.8 Å². The van der Waals surface area contributed by atoms with Gasteiger partial charge in [0.05, 0.1) is 12.5 Å². The lowest BCUT2D eigenvalue weighted by Crippen LogP contribution is -1.98. The fraction of sp³-hybridized carbons (Fsp3) is 0.200. The van der Waals surface area contributed by atoms with Gasteiger partial charge in [-0.15, -0.1) is 23.2 Å². The van der Waals surface area contributed by atoms with Gasteiger partial charge in [0.1, 0.15) is 0 Å². The summed E-state index contributed by atoms with van der Waals surface area (Å²) < 4.78 is 9.04. The molecule has 0 aliphatic rings. The summed E-state index contributed by atoms with van der Waals surface area (Å²) in [6, 6.07) is 0. The third-order valence-electron chi connectivity index (χ3n) is 1.09. The SMILES string of the molecule is O=C(/C=C\C(=O)O/C=C/CCl)O/C=C/CCl. The fourth-order valence-electron chi connectivity index (χ4n) is 0.518. The van der Waals surface area contributed by atoms with E-state index in [-0.39, 0.29) is 11.8 Å². The Labute approximate surface area is 103 Å². The summed E-state index contributed by atoms with van der Waals surface area (Å²) >= 11 is 10.6. The van der Waals surface area contributed by atoms with Crippen LogP contribution in [0.15, 0.2) is 36.8 Å². The zero-order valence-electron chi connectivity index (χ0n) is 8.27. The predicted octanol–water partition coefficient (Wildman–Crippen LogP) is 2.13. The van der Waals surface area contributed by atoms with Gasteiger partial charge in [-0.2, -0.15) is 0 Å². The minimum atomic E-state index is -0.695. The van der Waals surface area contributed by atoms with Crippen LogP contribution in [0.1, 0.15) is 0 Å². The molecule has 0 bridgehead atoms. The van der Waals surface area contributed by atoms with Crippen LogP contribution in [0, 0.1) is 0 Å². The van der Waals surface area contributed by atoms with E-state index in [2.05, 4.69) is 9.47 Å². The Morgan fingerprint density at radius 2 is 1.25 bits per heavy atom. The second kappa shape index (κ2) is 10.3. The Morgan fingerprint density at radius 3 is 1.56 bits per heavy atom. The van der Waals surface area contributed by atoms with Crippen molar-refractivity contribution < 1.29 is 19.1 Å². The summed E-state index contributed by atoms with van der Waals surface area (Å²) in [5.41, 5.74) is 0. The third-order valence-corrected chi connectivity index (χ3v) is 1.45. The van der Waals surface area contributed by atoms with E-state index in [4.69, 9.17) is 23.2 Å². The van der Waals surface area contributed by atoms with Gasteiger partial charge in [0, 0.05) is 23.9 Å². The molecule has 0 aliphatic heterocycles. The van der Waals surface area contributed by atoms with E-state index in [1.807, 2.05) is 0 Å². The number of esters is 2. The molecule has 0 unspecified atom stereocenters. The van der Waals surface area contributed by atoms with E-state index in [1.54, 1.807) is 0 Å². The van der Waals surface area contributed by atoms with E-state index in [9.17, 15) is 9.59 Å². The Morgan fingerprint density at radius 1 is 0.875 bits per heavy atom. The van der Waals surface area contributed by atoms with Crippen LogP contribution < -0.4 is 0 Å². The van der Waals surface area contributed by atoms with Gasteiger partial charge in [-0.3, -0.25) is 0 Å². The second-order valence-electron chi connectivity index (χ2n) is 2.26. The molecule has 4 nitrogen and oxygen atoms in total. The Hall–Kier alpha value is -1.26. The highest BCUT2D eigenvalue weighted by Gasteiger charge is 1.97. The topological polar surface area (TPSA) is 52.6 Å². The van der Waals surface area contributed by atoms with Crippen LogP contribution >= 0.6 is 23.2 Å². The average Bonchev–Trinajstić information content (AvgIpc) is 2.27. The lowest BCUT2D eigenvalue weighted by atomic mass is 10.5. The van der Waals surface area contributed by atoms with Crippen molar-refractivity contribution in [2.45, 2.75) is 0 Å². The Bertz CT molecular complexity index is 278. The fourth-order valence-corrected chi connectivity index (χ4v) is 0.663. The first-order valence-electron chi connectivity index (χ1n) is 4.22. The molecule has 0 fully saturated rings. The lowest BCUT2D eigenvalue weighted by Gasteiger charge is -1.92. The highest BCUT2D eigenvalue weighted by atomic mass is 35.5. The van der Waals surface area contributed by atoms with Crippen molar-refractivity contribution in [3.05, 3.63) is 36.8 Å². The molecule has 0 N–H and O–H groups in total. The first-order chi connectivity index (χ1) is 7.70. The maximum absolute atomic E-state index is 10.9. The van der Waals surface area contributed by atoms with Crippen LogP contribution in [0.2, 0.25) is 0 Å². The van der Waals surface area contributed by atoms with Crippen LogP contribution in [0.3, 0.4) is 0 Å². The van der Waals surface area contributed by atoms with Crippen molar-refractivity contribution in [1.29, 1.82) is 0 Å². The number of hydrogen-bond donors (Lipinski definition) is 0. The van der Waals surface area contributed by atoms with E-state index in [1.165, 1.54) is 12.2 Å². The lowest BCUT2D eigenvalue weighted by molar-refractivity contribution is -0.135. The third kappa shape index (κ3) is 9.30. The minimum Gasteiger partial charge on any atom is -0.432 e. The van der Waals surface area contributed by atoms with Gasteiger partial charge in [-0.1, -0.05) is 0 Å². The molecule has 0 radical (unpaired) electrons. The molecule has 16 heavy (non-hydrogen) atoms. The molecule has 0 saturated heterocycles. The van der Waals surface area contributed by atoms with Crippen molar-refractivity contribution in [2.24, 2.45) is 0 Å². The number of carbonyl (C=O) groups excluding carboxylic acids is 2. The maximum atomic E-state index is 10.9. The number of allylic oxidation sites excluding steroid dienone is 2. The molecular formula is C10H10Cl2O4. The first kappa shape index (κ1) is 14.7. The zero-order chi connectivity index (χ0) is 12.2. The number of hydrogen-bond acceptors (Lipinski definition) is 4. The minimum absolute atomic E-state index is 0.238. The normalized spacial score (nSPS) is 11.4. The predicted molar refractivity (Wildman–Crippen MR) is 61.0 cm³/mol. The molecule has 0 aromatic heterocycles. The standard InChI is InChI=1S/C10H10Cl2O4/c11-5-1-7-15-9(13)3-4-10(14)16-8-2-6-12/h1-4,7-8H,5-6H2/b4-3-,7-1+,8-2+. The quantitative estimate of drug-likeness (QED) is 0.319. The van der Waals surface area contributed by atoms with Gasteiger partial charge in [0.15, 0.2) is 0 Å². The maximum Gasteiger partial charge on any atom is 0.335 e. The van der Waals surface area contributed by atoms with Crippen LogP contribution in [0.4, 0.5) is 0 Å². The summed E-state index contributed by atoms with van der Waals surface area (Å²) in [4.78, 5) is 21.8. The molecule has 88 valence electrons. The smallest absolute Gasteiger partial charge is 0.335 e. The van der Waals surface area contributed by atoms with Gasteiger partial charge in [-0.25, -0.2) is 9.59 Å². The first-order valence-corrected chi connectivity index (χ1v) is 5.29. The summed E-state index contributed by atoms with van der Waals surface area (Å²) in [5.74, 6) is -0.913. The van der Waals surface area contributed by atoms with Crippen LogP contribution in [0.5, 0.6) is 0 Å². The van der Waals surface area contributed by atoms with E-state index in [0.717, 1.165) is 24.7 Å². The second-order valence-corrected chi connectivity index (χ2v) is 2.88. The van der Waals surface area contributed by atoms with Gasteiger partial charge >= 0.3 is 11.9 Å². The van der Waals surface area contributed by atoms with Crippen LogP contribution in [0.25, 0.3) is 0 Å². The van der Waals surface area contributed by atoms with Crippen molar-refractivity contribution in [3.63, 3.8) is 0 Å². The molecule has 6 heteroatoms. The molecule has 0 saturated carbocycles. The Kier molecular flexibility index (Phi) is 9.46. The van der Waals surface area contributed by atoms with Gasteiger partial charge < -0.3 is 9.47 Å². The summed E-state index contributed by atoms with van der Waals surface area (Å²) in [5, 5.41) is 0. The molecule has 0 aromatic carbocycles. The number of alkyl halides is 2. The number of halogens is 2. The molecular weight excluding hydrogens is 255 g/mol. The van der Waals surface area contributed by atoms with E-state index >= 15 is 0 Å². The number of carbonyl (C=O) groups is 2. The van der Waals surface area contributed by atoms with Gasteiger partial charge in [-0.05, 0) is 12.2 Å². The molecule has 0 aromatic rings. The Balaban J connectivity index is 3.88. The van der Waals surface area contributed by atoms with E-state index < -0.39 is 11.9 Å². The van der Waals surface area contributed by atoms with E-state index in [0.29, 0.717) is 0 Å². The monoisotopic (exact) mass is 264 g/mol. The van der Waals surface area contributed by atoms with Crippen LogP contribution in [-0.2, 0) is 19.1 Å². The van der Waals surface area contributed by atoms with Crippen molar-refractivity contribution in [3.8, 4) is 0 Å². The number of rotatable bonds is 6. The van der Waals surface area contributed by atoms with Gasteiger partial charge in [0.2, 0.25) is 0 Å². The van der Waals surface area contributed by atoms with Crippen molar-refractivity contribution in [1.82, 2.24) is 0 Å². The summed E-state index contributed by atoms with van der Waals surface area (Å²) in [6.45, 7) is 0. The molecule has 0 rings (SSSR count). The van der Waals surface area contributed by atoms with Crippen LogP contribution in [-0.4, -0.2) is 23.7 Å². The van der Waals surface area contributed by atoms with Crippen molar-refractivity contribution >= 4 is 35.1 Å². The summed E-state index contributed by atoms with van der Waals surface area (Å²) in [6.07, 6.45) is 7.03. The molecule has 0 aliphatic carbocycles.